The monoisotopic (exact) mass is 428 g/mol. The third-order valence-corrected chi connectivity index (χ3v) is 6.80. The highest BCUT2D eigenvalue weighted by molar-refractivity contribution is 5.88. The minimum atomic E-state index is -0.621. The Bertz CT molecular complexity index is 788. The van der Waals surface area contributed by atoms with E-state index in [9.17, 15) is 14.4 Å². The number of benzene rings is 1. The number of carbonyl (C=O) groups is 3. The number of hydrogen-bond donors (Lipinski definition) is 2. The third-order valence-electron chi connectivity index (χ3n) is 6.80. The van der Waals surface area contributed by atoms with Crippen molar-refractivity contribution < 1.29 is 19.1 Å². The summed E-state index contributed by atoms with van der Waals surface area (Å²) in [7, 11) is 0. The lowest BCUT2D eigenvalue weighted by molar-refractivity contribution is -0.133. The molecular formula is C23H32N4O4. The van der Waals surface area contributed by atoms with Crippen LogP contribution in [0.3, 0.4) is 0 Å². The first-order chi connectivity index (χ1) is 15.0. The summed E-state index contributed by atoms with van der Waals surface area (Å²) in [5, 5.41) is 3.09. The summed E-state index contributed by atoms with van der Waals surface area (Å²) in [6.45, 7) is 2.05. The number of nitrogens with zero attached hydrogens (tertiary/aromatic N) is 2. The van der Waals surface area contributed by atoms with Crippen LogP contribution < -0.4 is 11.1 Å². The molecule has 3 fully saturated rings. The van der Waals surface area contributed by atoms with Crippen molar-refractivity contribution >= 4 is 17.9 Å². The van der Waals surface area contributed by atoms with Crippen LogP contribution in [0.25, 0.3) is 0 Å². The average Bonchev–Trinajstić information content (AvgIpc) is 3.45. The third kappa shape index (κ3) is 5.01. The molecular weight excluding hydrogens is 396 g/mol. The zero-order valence-corrected chi connectivity index (χ0v) is 17.9. The Kier molecular flexibility index (Phi) is 6.75. The first kappa shape index (κ1) is 21.6. The molecule has 0 spiro atoms. The van der Waals surface area contributed by atoms with Gasteiger partial charge >= 0.3 is 6.09 Å². The molecule has 2 aliphatic heterocycles. The number of ether oxygens (including phenoxy) is 1. The van der Waals surface area contributed by atoms with Gasteiger partial charge in [-0.15, -0.1) is 0 Å². The van der Waals surface area contributed by atoms with Gasteiger partial charge in [-0.1, -0.05) is 30.3 Å². The highest BCUT2D eigenvalue weighted by Gasteiger charge is 2.39. The molecule has 1 aliphatic carbocycles. The minimum Gasteiger partial charge on any atom is -0.447 e. The van der Waals surface area contributed by atoms with E-state index in [1.807, 2.05) is 35.2 Å². The number of rotatable bonds is 6. The van der Waals surface area contributed by atoms with Crippen LogP contribution in [0.5, 0.6) is 0 Å². The number of cyclic esters (lactones) is 1. The molecule has 0 aromatic heterocycles. The van der Waals surface area contributed by atoms with Gasteiger partial charge < -0.3 is 20.7 Å². The van der Waals surface area contributed by atoms with Gasteiger partial charge in [-0.3, -0.25) is 14.5 Å². The zero-order chi connectivity index (χ0) is 21.8. The molecule has 2 atom stereocenters. The molecule has 0 bridgehead atoms. The van der Waals surface area contributed by atoms with Crippen LogP contribution in [0.1, 0.15) is 44.1 Å². The topological polar surface area (TPSA) is 105 Å². The number of hydrogen-bond acceptors (Lipinski definition) is 5. The van der Waals surface area contributed by atoms with Gasteiger partial charge in [-0.25, -0.2) is 4.79 Å². The molecule has 8 nitrogen and oxygen atoms in total. The standard InChI is InChI=1S/C23H32N4O4/c24-20(22(29)26-12-4-5-13-26)17-8-10-18(11-9-17)25-21(28)19-15-31-23(30)27(19)14-16-6-2-1-3-7-16/h1-3,6-7,17-20H,4-5,8-15,24H2,(H,25,28)/t17-,18-,19-,20-/m0/s1. The van der Waals surface area contributed by atoms with E-state index in [0.717, 1.165) is 57.2 Å². The van der Waals surface area contributed by atoms with E-state index in [4.69, 9.17) is 10.5 Å². The Morgan fingerprint density at radius 3 is 2.45 bits per heavy atom. The van der Waals surface area contributed by atoms with Gasteiger partial charge in [-0.05, 0) is 50.0 Å². The van der Waals surface area contributed by atoms with Crippen LogP contribution in [0.15, 0.2) is 30.3 Å². The van der Waals surface area contributed by atoms with Crippen molar-refractivity contribution in [1.29, 1.82) is 0 Å². The second-order valence-corrected chi connectivity index (χ2v) is 8.88. The molecule has 0 unspecified atom stereocenters. The van der Waals surface area contributed by atoms with Gasteiger partial charge in [0.2, 0.25) is 11.8 Å². The van der Waals surface area contributed by atoms with Crippen LogP contribution in [-0.4, -0.2) is 65.5 Å². The van der Waals surface area contributed by atoms with Crippen LogP contribution >= 0.6 is 0 Å². The maximum absolute atomic E-state index is 12.9. The maximum Gasteiger partial charge on any atom is 0.410 e. The van der Waals surface area contributed by atoms with E-state index in [1.54, 1.807) is 0 Å². The lowest BCUT2D eigenvalue weighted by Crippen LogP contribution is -2.51. The summed E-state index contributed by atoms with van der Waals surface area (Å²) in [5.41, 5.74) is 7.24. The predicted octanol–water partition coefficient (Wildman–Crippen LogP) is 1.63. The van der Waals surface area contributed by atoms with Gasteiger partial charge in [-0.2, -0.15) is 0 Å². The Balaban J connectivity index is 1.27. The van der Waals surface area contributed by atoms with Crippen molar-refractivity contribution in [3.05, 3.63) is 35.9 Å². The fourth-order valence-corrected chi connectivity index (χ4v) is 4.89. The first-order valence-electron chi connectivity index (χ1n) is 11.3. The van der Waals surface area contributed by atoms with Crippen molar-refractivity contribution in [2.24, 2.45) is 11.7 Å². The molecule has 1 aromatic carbocycles. The molecule has 8 heteroatoms. The summed E-state index contributed by atoms with van der Waals surface area (Å²) in [4.78, 5) is 41.0. The molecule has 1 saturated carbocycles. The predicted molar refractivity (Wildman–Crippen MR) is 115 cm³/mol. The van der Waals surface area contributed by atoms with E-state index in [-0.39, 0.29) is 30.4 Å². The Labute approximate surface area is 183 Å². The lowest BCUT2D eigenvalue weighted by atomic mass is 9.81. The van der Waals surface area contributed by atoms with Crippen LogP contribution in [0.2, 0.25) is 0 Å². The molecule has 3 amide bonds. The normalized spacial score (nSPS) is 27.1. The summed E-state index contributed by atoms with van der Waals surface area (Å²) in [6.07, 6.45) is 4.88. The van der Waals surface area contributed by atoms with E-state index in [2.05, 4.69) is 5.32 Å². The summed E-state index contributed by atoms with van der Waals surface area (Å²) >= 11 is 0. The van der Waals surface area contributed by atoms with Gasteiger partial charge in [0.05, 0.1) is 12.6 Å². The fraction of sp³-hybridized carbons (Fsp3) is 0.609. The first-order valence-corrected chi connectivity index (χ1v) is 11.3. The molecule has 31 heavy (non-hydrogen) atoms. The molecule has 2 heterocycles. The molecule has 1 aromatic rings. The van der Waals surface area contributed by atoms with E-state index >= 15 is 0 Å². The molecule has 0 radical (unpaired) electrons. The second-order valence-electron chi connectivity index (χ2n) is 8.88. The van der Waals surface area contributed by atoms with Gasteiger partial charge in [0.25, 0.3) is 0 Å². The number of likely N-dealkylation sites (tertiary alicyclic amines) is 1. The van der Waals surface area contributed by atoms with E-state index in [0.29, 0.717) is 6.54 Å². The lowest BCUT2D eigenvalue weighted by Gasteiger charge is -2.34. The molecule has 2 saturated heterocycles. The van der Waals surface area contributed by atoms with E-state index < -0.39 is 18.2 Å². The van der Waals surface area contributed by atoms with Crippen molar-refractivity contribution in [3.63, 3.8) is 0 Å². The van der Waals surface area contributed by atoms with Gasteiger partial charge in [0.15, 0.2) is 0 Å². The van der Waals surface area contributed by atoms with E-state index in [1.165, 1.54) is 4.90 Å². The SMILES string of the molecule is N[C@H](C(=O)N1CCCC1)[C@H]1CC[C@H](NC(=O)[C@@H]2COC(=O)N2Cc2ccccc2)CC1. The largest absolute Gasteiger partial charge is 0.447 e. The highest BCUT2D eigenvalue weighted by atomic mass is 16.6. The summed E-state index contributed by atoms with van der Waals surface area (Å²) < 4.78 is 5.15. The van der Waals surface area contributed by atoms with Gasteiger partial charge in [0, 0.05) is 19.1 Å². The number of nitrogens with two attached hydrogens (primary N) is 1. The highest BCUT2D eigenvalue weighted by Crippen LogP contribution is 2.28. The van der Waals surface area contributed by atoms with Crippen LogP contribution in [-0.2, 0) is 20.9 Å². The number of carbonyl (C=O) groups excluding carboxylic acids is 3. The molecule has 3 aliphatic rings. The van der Waals surface area contributed by atoms with Crippen molar-refractivity contribution in [2.45, 2.75) is 63.2 Å². The van der Waals surface area contributed by atoms with Crippen molar-refractivity contribution in [1.82, 2.24) is 15.1 Å². The molecule has 3 N–H and O–H groups in total. The van der Waals surface area contributed by atoms with Crippen LogP contribution in [0.4, 0.5) is 4.79 Å². The molecule has 168 valence electrons. The number of amides is 3. The van der Waals surface area contributed by atoms with Gasteiger partial charge in [0.1, 0.15) is 12.6 Å². The quantitative estimate of drug-likeness (QED) is 0.717. The summed E-state index contributed by atoms with van der Waals surface area (Å²) in [5.74, 6) is 0.0538. The number of nitrogens with one attached hydrogen (secondary N) is 1. The molecule has 4 rings (SSSR count). The van der Waals surface area contributed by atoms with Crippen molar-refractivity contribution in [3.8, 4) is 0 Å². The van der Waals surface area contributed by atoms with Crippen molar-refractivity contribution in [2.75, 3.05) is 19.7 Å². The summed E-state index contributed by atoms with van der Waals surface area (Å²) in [6, 6.07) is 8.54. The Hall–Kier alpha value is -2.61. The fourth-order valence-electron chi connectivity index (χ4n) is 4.89. The smallest absolute Gasteiger partial charge is 0.410 e. The second kappa shape index (κ2) is 9.68. The zero-order valence-electron chi connectivity index (χ0n) is 17.9. The minimum absolute atomic E-state index is 0.0344. The average molecular weight is 429 g/mol. The Morgan fingerprint density at radius 2 is 1.77 bits per heavy atom. The maximum atomic E-state index is 12.9. The van der Waals surface area contributed by atoms with Crippen LogP contribution in [0, 0.1) is 5.92 Å². The Morgan fingerprint density at radius 1 is 1.10 bits per heavy atom.